The smallest absolute Gasteiger partial charge is 0.274 e. The van der Waals surface area contributed by atoms with Crippen LogP contribution in [0.15, 0.2) is 11.2 Å². The molecule has 1 unspecified atom stereocenters. The van der Waals surface area contributed by atoms with Gasteiger partial charge in [-0.15, -0.1) is 0 Å². The maximum Gasteiger partial charge on any atom is 0.274 e. The van der Waals surface area contributed by atoms with Crippen LogP contribution in [-0.2, 0) is 7.05 Å². The van der Waals surface area contributed by atoms with Gasteiger partial charge in [0.25, 0.3) is 5.91 Å². The Hall–Kier alpha value is -2.05. The van der Waals surface area contributed by atoms with Crippen LogP contribution in [0.3, 0.4) is 0 Å². The van der Waals surface area contributed by atoms with Gasteiger partial charge < -0.3 is 15.8 Å². The van der Waals surface area contributed by atoms with Crippen molar-refractivity contribution in [2.75, 3.05) is 6.54 Å². The SMILES string of the molecule is Cc1cc(C(=O)N2CCCC2C(N)=NO)nn1C. The van der Waals surface area contributed by atoms with Crippen molar-refractivity contribution in [1.29, 1.82) is 0 Å². The lowest BCUT2D eigenvalue weighted by atomic mass is 10.2. The van der Waals surface area contributed by atoms with E-state index >= 15 is 0 Å². The van der Waals surface area contributed by atoms with Gasteiger partial charge in [0.1, 0.15) is 0 Å². The predicted molar refractivity (Wildman–Crippen MR) is 65.4 cm³/mol. The van der Waals surface area contributed by atoms with E-state index in [9.17, 15) is 4.79 Å². The number of likely N-dealkylation sites (tertiary alicyclic amines) is 1. The van der Waals surface area contributed by atoms with Gasteiger partial charge in [0.15, 0.2) is 11.5 Å². The number of hydrogen-bond donors (Lipinski definition) is 2. The molecule has 1 saturated heterocycles. The molecule has 1 aliphatic heterocycles. The summed E-state index contributed by atoms with van der Waals surface area (Å²) in [6.45, 7) is 2.49. The molecular formula is C11H17N5O2. The summed E-state index contributed by atoms with van der Waals surface area (Å²) in [7, 11) is 1.79. The maximum absolute atomic E-state index is 12.3. The summed E-state index contributed by atoms with van der Waals surface area (Å²) in [5, 5.41) is 15.9. The highest BCUT2D eigenvalue weighted by Crippen LogP contribution is 2.20. The number of amides is 1. The predicted octanol–water partition coefficient (Wildman–Crippen LogP) is 0.0795. The van der Waals surface area contributed by atoms with Crippen molar-refractivity contribution in [2.24, 2.45) is 17.9 Å². The van der Waals surface area contributed by atoms with Crippen molar-refractivity contribution in [3.8, 4) is 0 Å². The Morgan fingerprint density at radius 1 is 1.67 bits per heavy atom. The lowest BCUT2D eigenvalue weighted by Crippen LogP contribution is -2.44. The number of oxime groups is 1. The van der Waals surface area contributed by atoms with Crippen molar-refractivity contribution >= 4 is 11.7 Å². The minimum absolute atomic E-state index is 0.0773. The van der Waals surface area contributed by atoms with Gasteiger partial charge in [-0.1, -0.05) is 5.16 Å². The van der Waals surface area contributed by atoms with E-state index in [1.165, 1.54) is 0 Å². The van der Waals surface area contributed by atoms with Crippen LogP contribution in [0.1, 0.15) is 29.0 Å². The van der Waals surface area contributed by atoms with Gasteiger partial charge in [-0.3, -0.25) is 9.48 Å². The highest BCUT2D eigenvalue weighted by molar-refractivity contribution is 5.97. The van der Waals surface area contributed by atoms with Crippen molar-refractivity contribution in [3.63, 3.8) is 0 Å². The summed E-state index contributed by atoms with van der Waals surface area (Å²) in [6.07, 6.45) is 1.56. The molecule has 0 bridgehead atoms. The van der Waals surface area contributed by atoms with Crippen LogP contribution in [-0.4, -0.2) is 44.2 Å². The van der Waals surface area contributed by atoms with Crippen LogP contribution in [0.4, 0.5) is 0 Å². The van der Waals surface area contributed by atoms with E-state index in [2.05, 4.69) is 10.3 Å². The van der Waals surface area contributed by atoms with E-state index in [1.54, 1.807) is 22.7 Å². The van der Waals surface area contributed by atoms with Gasteiger partial charge >= 0.3 is 0 Å². The molecule has 7 heteroatoms. The molecule has 2 heterocycles. The summed E-state index contributed by atoms with van der Waals surface area (Å²) in [5.74, 6) is -0.0960. The molecule has 0 spiro atoms. The van der Waals surface area contributed by atoms with Gasteiger partial charge in [0, 0.05) is 19.3 Å². The average molecular weight is 251 g/mol. The quantitative estimate of drug-likeness (QED) is 0.336. The van der Waals surface area contributed by atoms with E-state index in [0.29, 0.717) is 18.7 Å². The molecule has 0 radical (unpaired) electrons. The number of hydrogen-bond acceptors (Lipinski definition) is 4. The molecule has 1 aromatic heterocycles. The second kappa shape index (κ2) is 4.67. The fourth-order valence-electron chi connectivity index (χ4n) is 2.20. The van der Waals surface area contributed by atoms with Crippen LogP contribution >= 0.6 is 0 Å². The number of rotatable bonds is 2. The van der Waals surface area contributed by atoms with Crippen LogP contribution in [0.2, 0.25) is 0 Å². The average Bonchev–Trinajstić information content (AvgIpc) is 2.95. The molecule has 1 fully saturated rings. The van der Waals surface area contributed by atoms with Crippen molar-refractivity contribution in [2.45, 2.75) is 25.8 Å². The monoisotopic (exact) mass is 251 g/mol. The van der Waals surface area contributed by atoms with Gasteiger partial charge in [-0.2, -0.15) is 5.10 Å². The van der Waals surface area contributed by atoms with Crippen molar-refractivity contribution in [3.05, 3.63) is 17.5 Å². The molecule has 98 valence electrons. The molecule has 1 aromatic rings. The fraction of sp³-hybridized carbons (Fsp3) is 0.545. The van der Waals surface area contributed by atoms with Crippen LogP contribution < -0.4 is 5.73 Å². The highest BCUT2D eigenvalue weighted by Gasteiger charge is 2.33. The van der Waals surface area contributed by atoms with E-state index < -0.39 is 0 Å². The molecule has 0 aliphatic carbocycles. The number of nitrogens with two attached hydrogens (primary N) is 1. The maximum atomic E-state index is 12.3. The Morgan fingerprint density at radius 2 is 2.39 bits per heavy atom. The lowest BCUT2D eigenvalue weighted by molar-refractivity contribution is 0.0761. The van der Waals surface area contributed by atoms with Gasteiger partial charge in [-0.05, 0) is 25.8 Å². The minimum Gasteiger partial charge on any atom is -0.409 e. The van der Waals surface area contributed by atoms with Crippen LogP contribution in [0.5, 0.6) is 0 Å². The first-order valence-electron chi connectivity index (χ1n) is 5.83. The third kappa shape index (κ3) is 2.03. The van der Waals surface area contributed by atoms with Crippen molar-refractivity contribution in [1.82, 2.24) is 14.7 Å². The largest absolute Gasteiger partial charge is 0.409 e. The molecule has 0 saturated carbocycles. The van der Waals surface area contributed by atoms with Crippen molar-refractivity contribution < 1.29 is 10.0 Å². The highest BCUT2D eigenvalue weighted by atomic mass is 16.4. The third-order valence-corrected chi connectivity index (χ3v) is 3.30. The van der Waals surface area contributed by atoms with Crippen LogP contribution in [0, 0.1) is 6.92 Å². The topological polar surface area (TPSA) is 96.7 Å². The number of nitrogens with zero attached hydrogens (tertiary/aromatic N) is 4. The number of amidine groups is 1. The van der Waals surface area contributed by atoms with E-state index in [1.807, 2.05) is 6.92 Å². The number of carbonyl (C=O) groups excluding carboxylic acids is 1. The van der Waals surface area contributed by atoms with Gasteiger partial charge in [0.2, 0.25) is 0 Å². The molecule has 1 aliphatic rings. The first-order valence-corrected chi connectivity index (χ1v) is 5.83. The fourth-order valence-corrected chi connectivity index (χ4v) is 2.20. The van der Waals surface area contributed by atoms with Gasteiger partial charge in [-0.25, -0.2) is 0 Å². The Labute approximate surface area is 105 Å². The number of aromatic nitrogens is 2. The Bertz CT molecular complexity index is 474. The molecule has 18 heavy (non-hydrogen) atoms. The van der Waals surface area contributed by atoms with E-state index in [4.69, 9.17) is 10.9 Å². The Morgan fingerprint density at radius 3 is 2.94 bits per heavy atom. The number of carbonyl (C=O) groups is 1. The standard InChI is InChI=1S/C11H17N5O2/c1-7-6-8(13-15(7)2)11(17)16-5-3-4-9(16)10(12)14-18/h6,9,18H,3-5H2,1-2H3,(H2,12,14). The first-order chi connectivity index (χ1) is 8.54. The molecule has 1 amide bonds. The first kappa shape index (κ1) is 12.4. The zero-order chi connectivity index (χ0) is 13.3. The van der Waals surface area contributed by atoms with E-state index in [-0.39, 0.29) is 17.8 Å². The molecule has 1 atom stereocenters. The zero-order valence-corrected chi connectivity index (χ0v) is 10.5. The second-order valence-electron chi connectivity index (χ2n) is 4.48. The summed E-state index contributed by atoms with van der Waals surface area (Å²) in [4.78, 5) is 13.9. The molecular weight excluding hydrogens is 234 g/mol. The summed E-state index contributed by atoms with van der Waals surface area (Å²) in [6, 6.07) is 1.41. The summed E-state index contributed by atoms with van der Waals surface area (Å²) < 4.78 is 1.65. The summed E-state index contributed by atoms with van der Waals surface area (Å²) in [5.41, 5.74) is 6.91. The molecule has 0 aromatic carbocycles. The van der Waals surface area contributed by atoms with E-state index in [0.717, 1.165) is 12.1 Å². The molecule has 3 N–H and O–H groups in total. The minimum atomic E-state index is -0.329. The Balaban J connectivity index is 2.23. The third-order valence-electron chi connectivity index (χ3n) is 3.30. The molecule has 2 rings (SSSR count). The second-order valence-corrected chi connectivity index (χ2v) is 4.48. The Kier molecular flexibility index (Phi) is 3.22. The van der Waals surface area contributed by atoms with Crippen LogP contribution in [0.25, 0.3) is 0 Å². The molecule has 7 nitrogen and oxygen atoms in total. The lowest BCUT2D eigenvalue weighted by Gasteiger charge is -2.22. The zero-order valence-electron chi connectivity index (χ0n) is 10.5. The normalized spacial score (nSPS) is 20.4. The summed E-state index contributed by atoms with van der Waals surface area (Å²) >= 11 is 0. The number of aryl methyl sites for hydroxylation is 2. The van der Waals surface area contributed by atoms with Gasteiger partial charge in [0.05, 0.1) is 6.04 Å².